The number of benzene rings is 3. The summed E-state index contributed by atoms with van der Waals surface area (Å²) in [5.74, 6) is 1.80. The van der Waals surface area contributed by atoms with Crippen LogP contribution in [0.3, 0.4) is 0 Å². The number of carbonyl (C=O) groups is 1. The van der Waals surface area contributed by atoms with E-state index in [1.54, 1.807) is 54.2 Å². The quantitative estimate of drug-likeness (QED) is 0.412. The lowest BCUT2D eigenvalue weighted by Gasteiger charge is -2.24. The van der Waals surface area contributed by atoms with Crippen molar-refractivity contribution in [1.82, 2.24) is 5.32 Å². The van der Waals surface area contributed by atoms with Crippen LogP contribution < -0.4 is 14.4 Å². The molecule has 0 fully saturated rings. The normalized spacial score (nSPS) is 11.1. The van der Waals surface area contributed by atoms with Gasteiger partial charge in [0, 0.05) is 18.1 Å². The first-order chi connectivity index (χ1) is 15.9. The van der Waals surface area contributed by atoms with Crippen molar-refractivity contribution in [3.05, 3.63) is 90.0 Å². The van der Waals surface area contributed by atoms with E-state index in [1.807, 2.05) is 12.1 Å². The molecular weight excluding hydrogens is 456 g/mol. The lowest BCUT2D eigenvalue weighted by molar-refractivity contribution is -0.119. The van der Waals surface area contributed by atoms with Crippen LogP contribution in [-0.2, 0) is 20.6 Å². The summed E-state index contributed by atoms with van der Waals surface area (Å²) in [6.45, 7) is 2.24. The highest BCUT2D eigenvalue weighted by molar-refractivity contribution is 7.98. The fourth-order valence-electron chi connectivity index (χ4n) is 3.19. The molecule has 0 aliphatic heterocycles. The van der Waals surface area contributed by atoms with Crippen molar-refractivity contribution in [2.45, 2.75) is 17.6 Å². The Balaban J connectivity index is 1.63. The van der Waals surface area contributed by atoms with Crippen molar-refractivity contribution in [1.29, 1.82) is 0 Å². The van der Waals surface area contributed by atoms with E-state index in [9.17, 15) is 13.2 Å². The van der Waals surface area contributed by atoms with Gasteiger partial charge in [0.2, 0.25) is 5.91 Å². The minimum Gasteiger partial charge on any atom is -0.497 e. The third-order valence-electron chi connectivity index (χ3n) is 5.07. The number of rotatable bonds is 11. The van der Waals surface area contributed by atoms with Gasteiger partial charge in [-0.15, -0.1) is 0 Å². The number of para-hydroxylation sites is 1. The Morgan fingerprint density at radius 3 is 2.30 bits per heavy atom. The molecular formula is C25H28N2O4S2. The predicted molar refractivity (Wildman–Crippen MR) is 134 cm³/mol. The van der Waals surface area contributed by atoms with Gasteiger partial charge >= 0.3 is 0 Å². The monoisotopic (exact) mass is 484 g/mol. The number of hydrogen-bond donors (Lipinski definition) is 1. The summed E-state index contributed by atoms with van der Waals surface area (Å²) in [5, 5.41) is 2.84. The number of ether oxygens (including phenoxy) is 1. The predicted octanol–water partition coefficient (Wildman–Crippen LogP) is 4.25. The summed E-state index contributed by atoms with van der Waals surface area (Å²) in [6.07, 6.45) is 0. The fraction of sp³-hybridized carbons (Fsp3) is 0.240. The van der Waals surface area contributed by atoms with Crippen LogP contribution in [0.4, 0.5) is 5.69 Å². The topological polar surface area (TPSA) is 75.7 Å². The molecule has 3 rings (SSSR count). The molecule has 0 aliphatic rings. The first-order valence-electron chi connectivity index (χ1n) is 10.5. The lowest BCUT2D eigenvalue weighted by Crippen LogP contribution is -2.41. The summed E-state index contributed by atoms with van der Waals surface area (Å²) in [5.41, 5.74) is 2.95. The highest BCUT2D eigenvalue weighted by Gasteiger charge is 2.27. The van der Waals surface area contributed by atoms with Crippen LogP contribution in [-0.4, -0.2) is 40.3 Å². The highest BCUT2D eigenvalue weighted by atomic mass is 32.2. The van der Waals surface area contributed by atoms with Gasteiger partial charge in [-0.05, 0) is 54.4 Å². The molecule has 0 aromatic heterocycles. The maximum atomic E-state index is 13.3. The first-order valence-corrected chi connectivity index (χ1v) is 13.1. The van der Waals surface area contributed by atoms with Crippen LogP contribution in [0.5, 0.6) is 5.75 Å². The number of amides is 1. The molecule has 33 heavy (non-hydrogen) atoms. The summed E-state index contributed by atoms with van der Waals surface area (Å²) < 4.78 is 32.9. The van der Waals surface area contributed by atoms with E-state index in [1.165, 1.54) is 30.4 Å². The molecule has 3 aromatic carbocycles. The number of sulfonamides is 1. The summed E-state index contributed by atoms with van der Waals surface area (Å²) in [6, 6.07) is 23.0. The van der Waals surface area contributed by atoms with Gasteiger partial charge in [0.05, 0.1) is 17.7 Å². The number of aryl methyl sites for hydroxylation is 1. The van der Waals surface area contributed by atoms with Crippen LogP contribution in [0, 0.1) is 6.92 Å². The second-order valence-corrected chi connectivity index (χ2v) is 10.3. The smallest absolute Gasteiger partial charge is 0.264 e. The van der Waals surface area contributed by atoms with Crippen molar-refractivity contribution in [3.8, 4) is 5.75 Å². The molecule has 0 heterocycles. The molecule has 0 spiro atoms. The zero-order chi connectivity index (χ0) is 23.7. The van der Waals surface area contributed by atoms with Crippen molar-refractivity contribution in [2.75, 3.05) is 30.3 Å². The number of carbonyl (C=O) groups excluding carboxylic acids is 1. The van der Waals surface area contributed by atoms with Crippen LogP contribution in [0.15, 0.2) is 83.8 Å². The van der Waals surface area contributed by atoms with Gasteiger partial charge in [-0.1, -0.05) is 42.5 Å². The van der Waals surface area contributed by atoms with Crippen LogP contribution in [0.1, 0.15) is 11.1 Å². The zero-order valence-electron chi connectivity index (χ0n) is 18.7. The van der Waals surface area contributed by atoms with Crippen molar-refractivity contribution < 1.29 is 17.9 Å². The van der Waals surface area contributed by atoms with E-state index in [0.29, 0.717) is 18.0 Å². The Morgan fingerprint density at radius 1 is 0.970 bits per heavy atom. The summed E-state index contributed by atoms with van der Waals surface area (Å²) >= 11 is 1.73. The van der Waals surface area contributed by atoms with E-state index >= 15 is 0 Å². The van der Waals surface area contributed by atoms with Gasteiger partial charge in [0.1, 0.15) is 12.3 Å². The van der Waals surface area contributed by atoms with E-state index in [0.717, 1.165) is 15.8 Å². The Labute approximate surface area is 200 Å². The second kappa shape index (κ2) is 11.8. The van der Waals surface area contributed by atoms with Crippen molar-refractivity contribution in [3.63, 3.8) is 0 Å². The van der Waals surface area contributed by atoms with E-state index in [2.05, 4.69) is 24.4 Å². The fourth-order valence-corrected chi connectivity index (χ4v) is 5.54. The van der Waals surface area contributed by atoms with Crippen LogP contribution in [0.2, 0.25) is 0 Å². The second-order valence-electron chi connectivity index (χ2n) is 7.35. The van der Waals surface area contributed by atoms with E-state index in [-0.39, 0.29) is 17.3 Å². The SMILES string of the molecule is COc1ccc(S(=O)(=O)N(CC(=O)NCCSCc2ccccc2C)c2ccccc2)cc1. The zero-order valence-corrected chi connectivity index (χ0v) is 20.4. The van der Waals surface area contributed by atoms with Crippen LogP contribution in [0.25, 0.3) is 0 Å². The molecule has 3 aromatic rings. The Morgan fingerprint density at radius 2 is 1.64 bits per heavy atom. The lowest BCUT2D eigenvalue weighted by atomic mass is 10.1. The highest BCUT2D eigenvalue weighted by Crippen LogP contribution is 2.25. The summed E-state index contributed by atoms with van der Waals surface area (Å²) in [4.78, 5) is 12.7. The molecule has 0 aliphatic carbocycles. The average molecular weight is 485 g/mol. The van der Waals surface area contributed by atoms with E-state index in [4.69, 9.17) is 4.74 Å². The molecule has 1 amide bonds. The van der Waals surface area contributed by atoms with Gasteiger partial charge in [-0.2, -0.15) is 11.8 Å². The summed E-state index contributed by atoms with van der Waals surface area (Å²) in [7, 11) is -2.42. The first kappa shape index (κ1) is 24.7. The van der Waals surface area contributed by atoms with E-state index < -0.39 is 10.0 Å². The van der Waals surface area contributed by atoms with Gasteiger partial charge in [-0.25, -0.2) is 8.42 Å². The molecule has 6 nitrogen and oxygen atoms in total. The maximum Gasteiger partial charge on any atom is 0.264 e. The Bertz CT molecular complexity index is 1150. The molecule has 0 unspecified atom stereocenters. The number of nitrogens with zero attached hydrogens (tertiary/aromatic N) is 1. The maximum absolute atomic E-state index is 13.3. The minimum absolute atomic E-state index is 0.0914. The van der Waals surface area contributed by atoms with Gasteiger partial charge in [0.15, 0.2) is 0 Å². The third-order valence-corrected chi connectivity index (χ3v) is 7.86. The number of methoxy groups -OCH3 is 1. The number of nitrogens with one attached hydrogen (secondary N) is 1. The molecule has 0 radical (unpaired) electrons. The number of anilines is 1. The minimum atomic E-state index is -3.94. The van der Waals surface area contributed by atoms with Crippen molar-refractivity contribution >= 4 is 33.4 Å². The molecule has 174 valence electrons. The average Bonchev–Trinajstić information content (AvgIpc) is 2.84. The van der Waals surface area contributed by atoms with Gasteiger partial charge in [0.25, 0.3) is 10.0 Å². The van der Waals surface area contributed by atoms with Gasteiger partial charge in [-0.3, -0.25) is 9.10 Å². The largest absolute Gasteiger partial charge is 0.497 e. The Hall–Kier alpha value is -2.97. The Kier molecular flexibility index (Phi) is 8.79. The molecule has 0 bridgehead atoms. The van der Waals surface area contributed by atoms with Gasteiger partial charge < -0.3 is 10.1 Å². The third kappa shape index (κ3) is 6.76. The number of thioether (sulfide) groups is 1. The molecule has 0 atom stereocenters. The molecule has 0 saturated carbocycles. The number of hydrogen-bond acceptors (Lipinski definition) is 5. The van der Waals surface area contributed by atoms with Crippen LogP contribution >= 0.6 is 11.8 Å². The molecule has 8 heteroatoms. The van der Waals surface area contributed by atoms with Crippen molar-refractivity contribution in [2.24, 2.45) is 0 Å². The molecule has 0 saturated heterocycles. The standard InChI is InChI=1S/C25H28N2O4S2/c1-20-8-6-7-9-21(20)19-32-17-16-26-25(28)18-27(22-10-4-3-5-11-22)33(29,30)24-14-12-23(31-2)13-15-24/h3-15H,16-19H2,1-2H3,(H,26,28). The molecule has 1 N–H and O–H groups in total.